The molecule has 0 aliphatic rings. The molecule has 0 saturated heterocycles. The molecule has 4 nitrogen and oxygen atoms in total. The van der Waals surface area contributed by atoms with E-state index < -0.39 is 5.24 Å². The topological polar surface area (TPSA) is 45.0 Å². The number of hydrogen-bond acceptors (Lipinski definition) is 4. The fraction of sp³-hybridized carbons (Fsp3) is 0.133. The van der Waals surface area contributed by atoms with Crippen LogP contribution < -0.4 is 4.90 Å². The van der Waals surface area contributed by atoms with Crippen molar-refractivity contribution in [1.82, 2.24) is 0 Å². The summed E-state index contributed by atoms with van der Waals surface area (Å²) in [6, 6.07) is 14.4. The molecule has 0 saturated carbocycles. The first-order valence-electron chi connectivity index (χ1n) is 6.05. The number of rotatable bonds is 4. The van der Waals surface area contributed by atoms with Crippen LogP contribution in [0.4, 0.5) is 17.1 Å². The molecule has 0 N–H and O–H groups in total. The predicted octanol–water partition coefficient (Wildman–Crippen LogP) is 4.55. The molecule has 2 rings (SSSR count). The predicted molar refractivity (Wildman–Crippen MR) is 81.6 cm³/mol. The molecular formula is C15H14ClN3O. The Labute approximate surface area is 122 Å². The molecule has 0 aliphatic carbocycles. The van der Waals surface area contributed by atoms with Crippen LogP contribution in [0.3, 0.4) is 0 Å². The van der Waals surface area contributed by atoms with E-state index in [9.17, 15) is 4.79 Å². The number of carbonyl (C=O) groups excluding carboxylic acids is 1. The number of halogens is 1. The molecule has 5 heteroatoms. The highest BCUT2D eigenvalue weighted by Gasteiger charge is 2.00. The monoisotopic (exact) mass is 287 g/mol. The van der Waals surface area contributed by atoms with Crippen molar-refractivity contribution >= 4 is 33.9 Å². The van der Waals surface area contributed by atoms with Crippen LogP contribution >= 0.6 is 11.6 Å². The van der Waals surface area contributed by atoms with E-state index >= 15 is 0 Å². The summed E-state index contributed by atoms with van der Waals surface area (Å²) in [5, 5.41) is 7.77. The number of nitrogens with zero attached hydrogens (tertiary/aromatic N) is 3. The molecule has 0 atom stereocenters. The summed E-state index contributed by atoms with van der Waals surface area (Å²) in [5.41, 5.74) is 2.99. The van der Waals surface area contributed by atoms with Gasteiger partial charge >= 0.3 is 0 Å². The molecule has 0 aliphatic heterocycles. The molecule has 0 amide bonds. The Morgan fingerprint density at radius 2 is 1.35 bits per heavy atom. The van der Waals surface area contributed by atoms with Gasteiger partial charge in [0, 0.05) is 25.3 Å². The van der Waals surface area contributed by atoms with Crippen molar-refractivity contribution in [3.63, 3.8) is 0 Å². The average molecular weight is 288 g/mol. The highest BCUT2D eigenvalue weighted by molar-refractivity contribution is 6.67. The van der Waals surface area contributed by atoms with Crippen molar-refractivity contribution in [2.24, 2.45) is 10.2 Å². The van der Waals surface area contributed by atoms with Gasteiger partial charge in [-0.05, 0) is 60.1 Å². The Hall–Kier alpha value is -2.20. The van der Waals surface area contributed by atoms with Gasteiger partial charge in [-0.15, -0.1) is 0 Å². The first-order chi connectivity index (χ1) is 9.56. The normalized spacial score (nSPS) is 10.8. The maximum absolute atomic E-state index is 10.9. The highest BCUT2D eigenvalue weighted by atomic mass is 35.5. The molecule has 102 valence electrons. The van der Waals surface area contributed by atoms with Gasteiger partial charge in [0.05, 0.1) is 11.4 Å². The summed E-state index contributed by atoms with van der Waals surface area (Å²) < 4.78 is 0. The Morgan fingerprint density at radius 1 is 0.900 bits per heavy atom. The zero-order valence-electron chi connectivity index (χ0n) is 11.2. The van der Waals surface area contributed by atoms with E-state index in [1.165, 1.54) is 0 Å². The molecule has 0 heterocycles. The molecule has 0 spiro atoms. The van der Waals surface area contributed by atoms with Gasteiger partial charge in [0.15, 0.2) is 0 Å². The maximum atomic E-state index is 10.9. The molecule has 0 fully saturated rings. The molecule has 2 aromatic carbocycles. The lowest BCUT2D eigenvalue weighted by Crippen LogP contribution is -2.07. The Bertz CT molecular complexity index is 619. The molecule has 20 heavy (non-hydrogen) atoms. The minimum atomic E-state index is -0.479. The lowest BCUT2D eigenvalue weighted by Gasteiger charge is -2.11. The maximum Gasteiger partial charge on any atom is 0.252 e. The molecule has 0 bridgehead atoms. The lowest BCUT2D eigenvalue weighted by molar-refractivity contribution is 0.108. The van der Waals surface area contributed by atoms with E-state index in [0.29, 0.717) is 11.3 Å². The van der Waals surface area contributed by atoms with E-state index in [1.54, 1.807) is 24.3 Å². The number of azo groups is 1. The van der Waals surface area contributed by atoms with Crippen molar-refractivity contribution < 1.29 is 4.79 Å². The summed E-state index contributed by atoms with van der Waals surface area (Å²) in [6.07, 6.45) is 0. The number of hydrogen-bond donors (Lipinski definition) is 0. The van der Waals surface area contributed by atoms with Gasteiger partial charge in [-0.3, -0.25) is 4.79 Å². The van der Waals surface area contributed by atoms with Crippen molar-refractivity contribution in [3.05, 3.63) is 54.1 Å². The van der Waals surface area contributed by atoms with Gasteiger partial charge in [0.2, 0.25) is 0 Å². The minimum Gasteiger partial charge on any atom is -0.378 e. The fourth-order valence-electron chi connectivity index (χ4n) is 1.59. The van der Waals surface area contributed by atoms with Crippen LogP contribution in [0.1, 0.15) is 10.4 Å². The summed E-state index contributed by atoms with van der Waals surface area (Å²) >= 11 is 5.37. The SMILES string of the molecule is CN(C)c1ccc(N=Nc2ccc(C(=O)Cl)cc2)cc1. The van der Waals surface area contributed by atoms with Crippen LogP contribution in [0.25, 0.3) is 0 Å². The number of anilines is 1. The Kier molecular flexibility index (Phi) is 4.48. The van der Waals surface area contributed by atoms with E-state index in [4.69, 9.17) is 11.6 Å². The molecule has 0 radical (unpaired) electrons. The summed E-state index contributed by atoms with van der Waals surface area (Å²) in [7, 11) is 3.96. The van der Waals surface area contributed by atoms with Crippen LogP contribution in [0.5, 0.6) is 0 Å². The van der Waals surface area contributed by atoms with Crippen molar-refractivity contribution in [3.8, 4) is 0 Å². The van der Waals surface area contributed by atoms with E-state index in [1.807, 2.05) is 43.3 Å². The second-order valence-electron chi connectivity index (χ2n) is 4.43. The number of benzene rings is 2. The first kappa shape index (κ1) is 14.2. The van der Waals surface area contributed by atoms with E-state index in [-0.39, 0.29) is 0 Å². The number of carbonyl (C=O) groups is 1. The second-order valence-corrected chi connectivity index (χ2v) is 4.77. The zero-order valence-corrected chi connectivity index (χ0v) is 12.0. The standard InChI is InChI=1S/C15H14ClN3O/c1-19(2)14-9-7-13(8-10-14)18-17-12-5-3-11(4-6-12)15(16)20/h3-10H,1-2H3. The molecule has 0 aromatic heterocycles. The third-order valence-corrected chi connectivity index (χ3v) is 2.96. The van der Waals surface area contributed by atoms with Crippen molar-refractivity contribution in [2.45, 2.75) is 0 Å². The Morgan fingerprint density at radius 3 is 1.75 bits per heavy atom. The molecule has 2 aromatic rings. The van der Waals surface area contributed by atoms with Gasteiger partial charge in [-0.1, -0.05) is 0 Å². The third kappa shape index (κ3) is 3.65. The van der Waals surface area contributed by atoms with Crippen LogP contribution in [0.2, 0.25) is 0 Å². The fourth-order valence-corrected chi connectivity index (χ4v) is 1.72. The second kappa shape index (κ2) is 6.30. The Balaban J connectivity index is 2.10. The van der Waals surface area contributed by atoms with Gasteiger partial charge in [-0.25, -0.2) is 0 Å². The first-order valence-corrected chi connectivity index (χ1v) is 6.43. The average Bonchev–Trinajstić information content (AvgIpc) is 2.46. The summed E-state index contributed by atoms with van der Waals surface area (Å²) in [5.74, 6) is 0. The van der Waals surface area contributed by atoms with Gasteiger partial charge in [0.25, 0.3) is 5.24 Å². The smallest absolute Gasteiger partial charge is 0.252 e. The van der Waals surface area contributed by atoms with Crippen molar-refractivity contribution in [1.29, 1.82) is 0 Å². The van der Waals surface area contributed by atoms with Crippen LogP contribution in [-0.4, -0.2) is 19.3 Å². The third-order valence-electron chi connectivity index (χ3n) is 2.74. The summed E-state index contributed by atoms with van der Waals surface area (Å²) in [6.45, 7) is 0. The van der Waals surface area contributed by atoms with E-state index in [0.717, 1.165) is 11.4 Å². The minimum absolute atomic E-state index is 0.445. The van der Waals surface area contributed by atoms with Gasteiger partial charge in [-0.2, -0.15) is 10.2 Å². The van der Waals surface area contributed by atoms with Gasteiger partial charge < -0.3 is 4.90 Å². The highest BCUT2D eigenvalue weighted by Crippen LogP contribution is 2.21. The van der Waals surface area contributed by atoms with Crippen molar-refractivity contribution in [2.75, 3.05) is 19.0 Å². The molecular weight excluding hydrogens is 274 g/mol. The zero-order chi connectivity index (χ0) is 14.5. The quantitative estimate of drug-likeness (QED) is 0.612. The van der Waals surface area contributed by atoms with Crippen LogP contribution in [-0.2, 0) is 0 Å². The lowest BCUT2D eigenvalue weighted by atomic mass is 10.2. The molecule has 0 unspecified atom stereocenters. The van der Waals surface area contributed by atoms with Crippen LogP contribution in [0.15, 0.2) is 58.8 Å². The van der Waals surface area contributed by atoms with Crippen LogP contribution in [0, 0.1) is 0 Å². The van der Waals surface area contributed by atoms with E-state index in [2.05, 4.69) is 10.2 Å². The summed E-state index contributed by atoms with van der Waals surface area (Å²) in [4.78, 5) is 12.9. The van der Waals surface area contributed by atoms with Gasteiger partial charge in [0.1, 0.15) is 0 Å². The largest absolute Gasteiger partial charge is 0.378 e.